The van der Waals surface area contributed by atoms with Crippen molar-refractivity contribution in [3.8, 4) is 0 Å². The molecule has 2 N–H and O–H groups in total. The Morgan fingerprint density at radius 3 is 2.39 bits per heavy atom. The van der Waals surface area contributed by atoms with Gasteiger partial charge in [-0.1, -0.05) is 32.6 Å². The average molecular weight is 386 g/mol. The highest BCUT2D eigenvalue weighted by molar-refractivity contribution is 6.19. The van der Waals surface area contributed by atoms with Crippen molar-refractivity contribution in [3.63, 3.8) is 0 Å². The molecule has 0 aromatic rings. The van der Waals surface area contributed by atoms with Crippen LogP contribution in [0.4, 0.5) is 0 Å². The smallest absolute Gasteiger partial charge is 0.303 e. The fourth-order valence-electron chi connectivity index (χ4n) is 5.85. The van der Waals surface area contributed by atoms with Crippen LogP contribution in [0.2, 0.25) is 0 Å². The zero-order valence-electron chi connectivity index (χ0n) is 16.4. The monoisotopic (exact) mass is 386 g/mol. The number of hydrogen-bond donors (Lipinski definition) is 2. The maximum Gasteiger partial charge on any atom is 0.303 e. The van der Waals surface area contributed by atoms with E-state index in [0.29, 0.717) is 24.8 Å². The lowest BCUT2D eigenvalue weighted by Crippen LogP contribution is -2.60. The standard InChI is InChI=1S/C22H26O6/c1-9-6-7-21(5)14(11(9)3)16(24)18(28-12(4)23)13-15(21)17(25)20(27)22(19(13)26)8-10(22)2/h10,14,16,18,20,24,27H,1,3,6-8H2,2,4-5H3/t10-,14+,16-,18-,20-,21-,22+/m0/s1. The third kappa shape index (κ3) is 2.13. The van der Waals surface area contributed by atoms with E-state index in [2.05, 4.69) is 13.2 Å². The van der Waals surface area contributed by atoms with E-state index in [4.69, 9.17) is 4.74 Å². The van der Waals surface area contributed by atoms with Gasteiger partial charge in [0.05, 0.1) is 5.41 Å². The van der Waals surface area contributed by atoms with Crippen LogP contribution in [-0.2, 0) is 19.1 Å². The highest BCUT2D eigenvalue weighted by atomic mass is 16.6. The molecule has 2 fully saturated rings. The summed E-state index contributed by atoms with van der Waals surface area (Å²) in [7, 11) is 0. The number of fused-ring (bicyclic) bond motifs is 2. The van der Waals surface area contributed by atoms with Crippen LogP contribution in [0.5, 0.6) is 0 Å². The lowest BCUT2D eigenvalue weighted by molar-refractivity contribution is -0.159. The van der Waals surface area contributed by atoms with Crippen molar-refractivity contribution < 1.29 is 29.3 Å². The van der Waals surface area contributed by atoms with Gasteiger partial charge in [0.2, 0.25) is 0 Å². The van der Waals surface area contributed by atoms with E-state index in [1.807, 2.05) is 13.8 Å². The molecule has 4 aliphatic rings. The van der Waals surface area contributed by atoms with Crippen LogP contribution in [0.15, 0.2) is 35.5 Å². The Labute approximate surface area is 163 Å². The predicted octanol–water partition coefficient (Wildman–Crippen LogP) is 1.66. The Kier molecular flexibility index (Phi) is 3.95. The molecule has 2 saturated carbocycles. The third-order valence-corrected chi connectivity index (χ3v) is 7.54. The molecule has 0 radical (unpaired) electrons. The van der Waals surface area contributed by atoms with E-state index in [-0.39, 0.29) is 22.8 Å². The molecule has 0 saturated heterocycles. The second kappa shape index (κ2) is 5.74. The number of carbonyl (C=O) groups is 3. The van der Waals surface area contributed by atoms with Crippen LogP contribution in [0.3, 0.4) is 0 Å². The summed E-state index contributed by atoms with van der Waals surface area (Å²) in [5.74, 6) is -2.27. The molecule has 6 heteroatoms. The van der Waals surface area contributed by atoms with Gasteiger partial charge in [-0.3, -0.25) is 14.4 Å². The molecule has 1 spiro atoms. The summed E-state index contributed by atoms with van der Waals surface area (Å²) in [4.78, 5) is 38.6. The van der Waals surface area contributed by atoms with Crippen molar-refractivity contribution in [1.29, 1.82) is 0 Å². The number of aliphatic hydroxyl groups excluding tert-OH is 2. The van der Waals surface area contributed by atoms with E-state index in [0.717, 1.165) is 5.57 Å². The summed E-state index contributed by atoms with van der Waals surface area (Å²) in [5.41, 5.74) is -0.399. The van der Waals surface area contributed by atoms with Gasteiger partial charge in [0.25, 0.3) is 0 Å². The van der Waals surface area contributed by atoms with Crippen molar-refractivity contribution in [1.82, 2.24) is 0 Å². The minimum Gasteiger partial charge on any atom is -0.455 e. The van der Waals surface area contributed by atoms with Crippen LogP contribution >= 0.6 is 0 Å². The number of ketones is 2. The lowest BCUT2D eigenvalue weighted by atomic mass is 9.50. The SMILES string of the molecule is C=C1CC[C@]2(C)C3=C(C(=O)[C@]4(C[C@@H]4C)[C@@H](O)C3=O)[C@H](OC(C)=O)[C@@H](O)[C@H]2C1=C. The van der Waals surface area contributed by atoms with E-state index in [1.54, 1.807) is 0 Å². The van der Waals surface area contributed by atoms with Crippen LogP contribution in [0.1, 0.15) is 40.0 Å². The molecule has 0 aromatic carbocycles. The van der Waals surface area contributed by atoms with Gasteiger partial charge in [0.1, 0.15) is 12.2 Å². The minimum absolute atomic E-state index is 0.0708. The van der Waals surface area contributed by atoms with Crippen molar-refractivity contribution in [3.05, 3.63) is 35.5 Å². The highest BCUT2D eigenvalue weighted by Gasteiger charge is 2.71. The Morgan fingerprint density at radius 1 is 1.25 bits per heavy atom. The van der Waals surface area contributed by atoms with Crippen LogP contribution in [-0.4, -0.2) is 46.1 Å². The summed E-state index contributed by atoms with van der Waals surface area (Å²) < 4.78 is 5.39. The number of esters is 1. The first-order valence-corrected chi connectivity index (χ1v) is 9.72. The van der Waals surface area contributed by atoms with Gasteiger partial charge < -0.3 is 14.9 Å². The Bertz CT molecular complexity index is 881. The highest BCUT2D eigenvalue weighted by Crippen LogP contribution is 2.65. The number of ether oxygens (including phenoxy) is 1. The number of Topliss-reactive ketones (excluding diaryl/α,β-unsaturated/α-hetero) is 2. The van der Waals surface area contributed by atoms with Crippen molar-refractivity contribution in [2.45, 2.75) is 58.3 Å². The molecule has 150 valence electrons. The second-order valence-corrected chi connectivity index (χ2v) is 9.07. The van der Waals surface area contributed by atoms with E-state index < -0.39 is 46.8 Å². The van der Waals surface area contributed by atoms with Gasteiger partial charge in [-0.15, -0.1) is 0 Å². The first kappa shape index (κ1) is 19.3. The molecule has 4 aliphatic carbocycles. The molecule has 28 heavy (non-hydrogen) atoms. The summed E-state index contributed by atoms with van der Waals surface area (Å²) in [6, 6.07) is 0. The molecular weight excluding hydrogens is 360 g/mol. The van der Waals surface area contributed by atoms with Crippen molar-refractivity contribution in [2.24, 2.45) is 22.7 Å². The van der Waals surface area contributed by atoms with E-state index >= 15 is 0 Å². The molecule has 6 nitrogen and oxygen atoms in total. The van der Waals surface area contributed by atoms with Gasteiger partial charge >= 0.3 is 5.97 Å². The zero-order valence-corrected chi connectivity index (χ0v) is 16.4. The predicted molar refractivity (Wildman–Crippen MR) is 99.9 cm³/mol. The van der Waals surface area contributed by atoms with Crippen LogP contribution < -0.4 is 0 Å². The maximum atomic E-state index is 13.5. The van der Waals surface area contributed by atoms with Crippen molar-refractivity contribution in [2.75, 3.05) is 0 Å². The van der Waals surface area contributed by atoms with Gasteiger partial charge in [0.15, 0.2) is 17.7 Å². The number of rotatable bonds is 1. The Morgan fingerprint density at radius 2 is 1.86 bits per heavy atom. The average Bonchev–Trinajstić information content (AvgIpc) is 3.29. The number of hydrogen-bond acceptors (Lipinski definition) is 6. The fraction of sp³-hybridized carbons (Fsp3) is 0.591. The number of aliphatic hydroxyl groups is 2. The number of carbonyl (C=O) groups excluding carboxylic acids is 3. The van der Waals surface area contributed by atoms with Gasteiger partial charge in [-0.25, -0.2) is 0 Å². The zero-order chi connectivity index (χ0) is 20.8. The molecule has 0 aromatic heterocycles. The molecule has 0 aliphatic heterocycles. The summed E-state index contributed by atoms with van der Waals surface area (Å²) >= 11 is 0. The van der Waals surface area contributed by atoms with Crippen molar-refractivity contribution >= 4 is 17.5 Å². The minimum atomic E-state index is -1.40. The first-order chi connectivity index (χ1) is 13.0. The van der Waals surface area contributed by atoms with E-state index in [1.165, 1.54) is 6.92 Å². The molecular formula is C22H26O6. The molecule has 7 atom stereocenters. The normalized spacial score (nSPS) is 45.1. The quantitative estimate of drug-likeness (QED) is 0.665. The Hall–Kier alpha value is -2.05. The summed E-state index contributed by atoms with van der Waals surface area (Å²) in [6.07, 6.45) is -2.39. The fourth-order valence-corrected chi connectivity index (χ4v) is 5.85. The lowest BCUT2D eigenvalue weighted by Gasteiger charge is -2.54. The number of allylic oxidation sites excluding steroid dienone is 1. The molecule has 0 heterocycles. The van der Waals surface area contributed by atoms with E-state index in [9.17, 15) is 24.6 Å². The first-order valence-electron chi connectivity index (χ1n) is 9.72. The van der Waals surface area contributed by atoms with Gasteiger partial charge in [-0.2, -0.15) is 0 Å². The molecule has 0 amide bonds. The van der Waals surface area contributed by atoms with Crippen LogP contribution in [0.25, 0.3) is 0 Å². The molecule has 0 bridgehead atoms. The molecule has 4 rings (SSSR count). The largest absolute Gasteiger partial charge is 0.455 e. The van der Waals surface area contributed by atoms with Crippen LogP contribution in [0, 0.1) is 22.7 Å². The van der Waals surface area contributed by atoms with Gasteiger partial charge in [-0.05, 0) is 30.8 Å². The summed E-state index contributed by atoms with van der Waals surface area (Å²) in [6.45, 7) is 12.9. The second-order valence-electron chi connectivity index (χ2n) is 9.07. The third-order valence-electron chi connectivity index (χ3n) is 7.54. The summed E-state index contributed by atoms with van der Waals surface area (Å²) in [5, 5.41) is 22.0. The Balaban J connectivity index is 1.98. The molecule has 0 unspecified atom stereocenters. The topological polar surface area (TPSA) is 101 Å². The van der Waals surface area contributed by atoms with Gasteiger partial charge in [0, 0.05) is 29.4 Å². The maximum absolute atomic E-state index is 13.5.